The van der Waals surface area contributed by atoms with Gasteiger partial charge in [0, 0.05) is 25.7 Å². The highest BCUT2D eigenvalue weighted by Gasteiger charge is 2.18. The Bertz CT molecular complexity index is 496. The van der Waals surface area contributed by atoms with E-state index in [2.05, 4.69) is 38.3 Å². The number of likely N-dealkylation sites (N-methyl/N-ethyl adjacent to an activating group) is 1. The van der Waals surface area contributed by atoms with Crippen LogP contribution in [0, 0.1) is 0 Å². The molecule has 112 valence electrons. The largest absolute Gasteiger partial charge is 0.381 e. The zero-order valence-corrected chi connectivity index (χ0v) is 13.8. The number of halogens is 1. The third kappa shape index (κ3) is 3.61. The van der Waals surface area contributed by atoms with Crippen molar-refractivity contribution in [2.24, 2.45) is 0 Å². The number of nitrogens with zero attached hydrogens (tertiary/aromatic N) is 3. The molecule has 6 heteroatoms. The highest BCUT2D eigenvalue weighted by Crippen LogP contribution is 2.22. The molecule has 0 bridgehead atoms. The van der Waals surface area contributed by atoms with E-state index in [9.17, 15) is 4.79 Å². The van der Waals surface area contributed by atoms with E-state index in [1.165, 1.54) is 30.4 Å². The predicted molar refractivity (Wildman–Crippen MR) is 85.2 cm³/mol. The first-order valence-corrected chi connectivity index (χ1v) is 8.12. The summed E-state index contributed by atoms with van der Waals surface area (Å²) in [6.07, 6.45) is 7.05. The molecule has 2 rings (SSSR count). The van der Waals surface area contributed by atoms with Crippen molar-refractivity contribution in [1.82, 2.24) is 14.7 Å². The molecule has 1 aliphatic rings. The molecule has 5 nitrogen and oxygen atoms in total. The number of nitrogens with one attached hydrogen (secondary N) is 1. The van der Waals surface area contributed by atoms with Gasteiger partial charge in [-0.3, -0.25) is 4.79 Å². The summed E-state index contributed by atoms with van der Waals surface area (Å²) >= 11 is 3.36. The molecule has 0 radical (unpaired) electrons. The topological polar surface area (TPSA) is 50.2 Å². The van der Waals surface area contributed by atoms with Crippen molar-refractivity contribution in [2.75, 3.05) is 25.5 Å². The molecule has 1 aromatic heterocycles. The molecule has 0 unspecified atom stereocenters. The molecule has 20 heavy (non-hydrogen) atoms. The van der Waals surface area contributed by atoms with Crippen LogP contribution in [0.4, 0.5) is 5.69 Å². The van der Waals surface area contributed by atoms with Gasteiger partial charge in [-0.1, -0.05) is 12.8 Å². The summed E-state index contributed by atoms with van der Waals surface area (Å²) in [7, 11) is 2.18. The molecule has 0 aromatic carbocycles. The molecule has 1 aromatic rings. The summed E-state index contributed by atoms with van der Waals surface area (Å²) in [5, 5.41) is 7.43. The standard InChI is InChI=1S/C14H23BrN4O/c1-3-19-14(20)13(15)12(10-17-19)16-8-9-18(2)11-6-4-5-7-11/h10-11,16H,3-9H2,1-2H3. The SMILES string of the molecule is CCn1ncc(NCCN(C)C2CCCC2)c(Br)c1=O. The zero-order chi connectivity index (χ0) is 14.5. The molecular formula is C14H23BrN4O. The fourth-order valence-corrected chi connectivity index (χ4v) is 3.16. The van der Waals surface area contributed by atoms with Crippen LogP contribution in [0.2, 0.25) is 0 Å². The third-order valence-corrected chi connectivity index (χ3v) is 4.78. The minimum Gasteiger partial charge on any atom is -0.381 e. The molecular weight excluding hydrogens is 320 g/mol. The molecule has 0 saturated heterocycles. The first-order valence-electron chi connectivity index (χ1n) is 7.33. The Kier molecular flexibility index (Phi) is 5.60. The molecule has 0 atom stereocenters. The first kappa shape index (κ1) is 15.5. The van der Waals surface area contributed by atoms with Gasteiger partial charge in [-0.2, -0.15) is 5.10 Å². The number of hydrogen-bond donors (Lipinski definition) is 1. The Hall–Kier alpha value is -0.880. The lowest BCUT2D eigenvalue weighted by atomic mass is 10.2. The van der Waals surface area contributed by atoms with Gasteiger partial charge in [-0.05, 0) is 42.7 Å². The quantitative estimate of drug-likeness (QED) is 0.861. The third-order valence-electron chi connectivity index (χ3n) is 4.01. The number of aromatic nitrogens is 2. The average Bonchev–Trinajstić information content (AvgIpc) is 2.98. The Morgan fingerprint density at radius 1 is 1.50 bits per heavy atom. The molecule has 0 spiro atoms. The van der Waals surface area contributed by atoms with E-state index in [0.717, 1.165) is 24.8 Å². The van der Waals surface area contributed by atoms with Crippen LogP contribution in [-0.2, 0) is 6.54 Å². The Labute approximate surface area is 128 Å². The minimum atomic E-state index is -0.0818. The van der Waals surface area contributed by atoms with Crippen LogP contribution in [0.3, 0.4) is 0 Å². The lowest BCUT2D eigenvalue weighted by Gasteiger charge is -2.24. The number of aryl methyl sites for hydroxylation is 1. The maximum atomic E-state index is 11.9. The Morgan fingerprint density at radius 3 is 2.85 bits per heavy atom. The van der Waals surface area contributed by atoms with Gasteiger partial charge in [0.05, 0.1) is 11.9 Å². The second-order valence-electron chi connectivity index (χ2n) is 5.34. The van der Waals surface area contributed by atoms with Gasteiger partial charge >= 0.3 is 0 Å². The van der Waals surface area contributed by atoms with Crippen molar-refractivity contribution in [3.8, 4) is 0 Å². The predicted octanol–water partition coefficient (Wildman–Crippen LogP) is 2.31. The van der Waals surface area contributed by atoms with Gasteiger partial charge in [0.2, 0.25) is 0 Å². The van der Waals surface area contributed by atoms with Crippen LogP contribution >= 0.6 is 15.9 Å². The average molecular weight is 343 g/mol. The molecule has 1 aliphatic carbocycles. The van der Waals surface area contributed by atoms with Crippen molar-refractivity contribution >= 4 is 21.6 Å². The van der Waals surface area contributed by atoms with Crippen LogP contribution in [-0.4, -0.2) is 40.9 Å². The van der Waals surface area contributed by atoms with Crippen molar-refractivity contribution < 1.29 is 0 Å². The van der Waals surface area contributed by atoms with Crippen LogP contribution in [0.5, 0.6) is 0 Å². The zero-order valence-electron chi connectivity index (χ0n) is 12.2. The summed E-state index contributed by atoms with van der Waals surface area (Å²) in [5.41, 5.74) is 0.696. The summed E-state index contributed by atoms with van der Waals surface area (Å²) in [5.74, 6) is 0. The van der Waals surface area contributed by atoms with E-state index in [1.54, 1.807) is 6.20 Å². The highest BCUT2D eigenvalue weighted by molar-refractivity contribution is 9.10. The van der Waals surface area contributed by atoms with E-state index in [1.807, 2.05) is 6.92 Å². The van der Waals surface area contributed by atoms with Crippen LogP contribution in [0.15, 0.2) is 15.5 Å². The molecule has 0 amide bonds. The van der Waals surface area contributed by atoms with E-state index in [4.69, 9.17) is 0 Å². The summed E-state index contributed by atoms with van der Waals surface area (Å²) in [6, 6.07) is 0.728. The van der Waals surface area contributed by atoms with Gasteiger partial charge < -0.3 is 10.2 Å². The maximum absolute atomic E-state index is 11.9. The fourth-order valence-electron chi connectivity index (χ4n) is 2.71. The normalized spacial score (nSPS) is 16.0. The van der Waals surface area contributed by atoms with Gasteiger partial charge in [-0.15, -0.1) is 0 Å². The van der Waals surface area contributed by atoms with Crippen molar-refractivity contribution in [1.29, 1.82) is 0 Å². The number of rotatable bonds is 6. The van der Waals surface area contributed by atoms with Gasteiger partial charge in [0.25, 0.3) is 5.56 Å². The molecule has 1 N–H and O–H groups in total. The van der Waals surface area contributed by atoms with Crippen molar-refractivity contribution in [2.45, 2.75) is 45.2 Å². The number of hydrogen-bond acceptors (Lipinski definition) is 4. The van der Waals surface area contributed by atoms with Crippen molar-refractivity contribution in [3.05, 3.63) is 21.0 Å². The van der Waals surface area contributed by atoms with Crippen LogP contribution < -0.4 is 10.9 Å². The van der Waals surface area contributed by atoms with E-state index in [0.29, 0.717) is 11.0 Å². The van der Waals surface area contributed by atoms with Gasteiger partial charge in [0.1, 0.15) is 4.47 Å². The molecule has 1 heterocycles. The first-order chi connectivity index (χ1) is 9.63. The smallest absolute Gasteiger partial charge is 0.283 e. The maximum Gasteiger partial charge on any atom is 0.283 e. The molecule has 0 aliphatic heterocycles. The van der Waals surface area contributed by atoms with Crippen molar-refractivity contribution in [3.63, 3.8) is 0 Å². The van der Waals surface area contributed by atoms with E-state index in [-0.39, 0.29) is 5.56 Å². The lowest BCUT2D eigenvalue weighted by molar-refractivity contribution is 0.254. The summed E-state index contributed by atoms with van der Waals surface area (Å²) in [6.45, 7) is 4.30. The Morgan fingerprint density at radius 2 is 2.20 bits per heavy atom. The van der Waals surface area contributed by atoms with Crippen LogP contribution in [0.25, 0.3) is 0 Å². The molecule has 1 saturated carbocycles. The second kappa shape index (κ2) is 7.22. The fraction of sp³-hybridized carbons (Fsp3) is 0.714. The van der Waals surface area contributed by atoms with Gasteiger partial charge in [-0.25, -0.2) is 4.68 Å². The number of anilines is 1. The van der Waals surface area contributed by atoms with E-state index >= 15 is 0 Å². The van der Waals surface area contributed by atoms with E-state index < -0.39 is 0 Å². The van der Waals surface area contributed by atoms with Gasteiger partial charge in [0.15, 0.2) is 0 Å². The monoisotopic (exact) mass is 342 g/mol. The minimum absolute atomic E-state index is 0.0818. The summed E-state index contributed by atoms with van der Waals surface area (Å²) in [4.78, 5) is 14.3. The molecule has 1 fully saturated rings. The second-order valence-corrected chi connectivity index (χ2v) is 6.13. The Balaban J connectivity index is 1.88. The van der Waals surface area contributed by atoms with Crippen LogP contribution in [0.1, 0.15) is 32.6 Å². The highest BCUT2D eigenvalue weighted by atomic mass is 79.9. The lowest BCUT2D eigenvalue weighted by Crippen LogP contribution is -2.33. The summed E-state index contributed by atoms with van der Waals surface area (Å²) < 4.78 is 2.01.